The van der Waals surface area contributed by atoms with Crippen LogP contribution in [0.5, 0.6) is 0 Å². The number of nitrogens with one attached hydrogen (secondary N) is 2. The van der Waals surface area contributed by atoms with Crippen LogP contribution >= 0.6 is 11.3 Å². The maximum Gasteiger partial charge on any atom is 0.317 e. The average molecular weight is 310 g/mol. The highest BCUT2D eigenvalue weighted by molar-refractivity contribution is 7.13. The first-order valence-electron chi connectivity index (χ1n) is 7.24. The number of nitrogens with zero attached hydrogens (tertiary/aromatic N) is 2. The minimum atomic E-state index is -0.139. The summed E-state index contributed by atoms with van der Waals surface area (Å²) in [4.78, 5) is 31.0. The zero-order valence-electron chi connectivity index (χ0n) is 12.7. The van der Waals surface area contributed by atoms with Gasteiger partial charge in [-0.25, -0.2) is 9.78 Å². The van der Waals surface area contributed by atoms with E-state index in [1.54, 1.807) is 7.05 Å². The van der Waals surface area contributed by atoms with Crippen LogP contribution in [0.1, 0.15) is 34.2 Å². The van der Waals surface area contributed by atoms with E-state index in [-0.39, 0.29) is 11.9 Å². The fraction of sp³-hybridized carbons (Fsp3) is 0.643. The van der Waals surface area contributed by atoms with Gasteiger partial charge in [-0.2, -0.15) is 0 Å². The maximum atomic E-state index is 12.1. The molecule has 1 aromatic rings. The number of fused-ring (bicyclic) bond motifs is 1. The van der Waals surface area contributed by atoms with Gasteiger partial charge in [0.2, 0.25) is 0 Å². The Hall–Kier alpha value is -1.63. The largest absolute Gasteiger partial charge is 0.353 e. The first-order valence-corrected chi connectivity index (χ1v) is 8.06. The minimum absolute atomic E-state index is 0.00891. The van der Waals surface area contributed by atoms with E-state index in [4.69, 9.17) is 0 Å². The van der Waals surface area contributed by atoms with Gasteiger partial charge in [0.05, 0.1) is 5.69 Å². The van der Waals surface area contributed by atoms with Crippen molar-refractivity contribution in [3.8, 4) is 0 Å². The van der Waals surface area contributed by atoms with Gasteiger partial charge in [0, 0.05) is 44.4 Å². The Morgan fingerprint density at radius 3 is 2.71 bits per heavy atom. The molecule has 7 heteroatoms. The summed E-state index contributed by atoms with van der Waals surface area (Å²) in [5, 5.41) is 6.05. The zero-order chi connectivity index (χ0) is 15.4. The molecule has 0 aromatic carbocycles. The lowest BCUT2D eigenvalue weighted by atomic mass is 10.2. The molecule has 0 spiro atoms. The highest BCUT2D eigenvalue weighted by atomic mass is 32.1. The molecule has 2 N–H and O–H groups in total. The Balaban J connectivity index is 1.97. The predicted octanol–water partition coefficient (Wildman–Crippen LogP) is 1.27. The lowest BCUT2D eigenvalue weighted by Crippen LogP contribution is -2.42. The summed E-state index contributed by atoms with van der Waals surface area (Å²) in [5.41, 5.74) is 0.956. The van der Waals surface area contributed by atoms with Gasteiger partial charge in [-0.1, -0.05) is 13.8 Å². The number of rotatable bonds is 3. The summed E-state index contributed by atoms with van der Waals surface area (Å²) < 4.78 is 0. The molecule has 0 saturated heterocycles. The Morgan fingerprint density at radius 2 is 2.05 bits per heavy atom. The maximum absolute atomic E-state index is 12.1. The summed E-state index contributed by atoms with van der Waals surface area (Å²) in [6.45, 7) is 6.16. The van der Waals surface area contributed by atoms with Gasteiger partial charge in [-0.05, 0) is 5.92 Å². The van der Waals surface area contributed by atoms with Crippen LogP contribution < -0.4 is 10.6 Å². The van der Waals surface area contributed by atoms with Crippen molar-refractivity contribution >= 4 is 23.3 Å². The quantitative estimate of drug-likeness (QED) is 0.883. The summed E-state index contributed by atoms with van der Waals surface area (Å²) >= 11 is 1.43. The van der Waals surface area contributed by atoms with E-state index in [1.165, 1.54) is 11.3 Å². The number of amides is 3. The van der Waals surface area contributed by atoms with Crippen molar-refractivity contribution in [2.75, 3.05) is 26.7 Å². The molecule has 0 bridgehead atoms. The smallest absolute Gasteiger partial charge is 0.317 e. The van der Waals surface area contributed by atoms with Gasteiger partial charge in [0.1, 0.15) is 0 Å². The molecule has 0 atom stereocenters. The van der Waals surface area contributed by atoms with Crippen LogP contribution in [-0.2, 0) is 12.8 Å². The molecule has 1 aromatic heterocycles. The van der Waals surface area contributed by atoms with Gasteiger partial charge in [0.15, 0.2) is 5.01 Å². The van der Waals surface area contributed by atoms with Crippen LogP contribution in [0.15, 0.2) is 0 Å². The Kier molecular flexibility index (Phi) is 5.17. The molecule has 0 fully saturated rings. The van der Waals surface area contributed by atoms with Crippen molar-refractivity contribution in [3.63, 3.8) is 0 Å². The molecule has 0 saturated carbocycles. The van der Waals surface area contributed by atoms with Crippen molar-refractivity contribution in [1.82, 2.24) is 20.5 Å². The predicted molar refractivity (Wildman–Crippen MR) is 82.7 cm³/mol. The van der Waals surface area contributed by atoms with Crippen LogP contribution in [0.3, 0.4) is 0 Å². The molecule has 21 heavy (non-hydrogen) atoms. The van der Waals surface area contributed by atoms with Gasteiger partial charge in [-0.3, -0.25) is 4.79 Å². The molecule has 6 nitrogen and oxygen atoms in total. The van der Waals surface area contributed by atoms with Crippen LogP contribution in [-0.4, -0.2) is 48.5 Å². The van der Waals surface area contributed by atoms with Crippen molar-refractivity contribution in [2.24, 2.45) is 5.92 Å². The number of urea groups is 1. The molecule has 116 valence electrons. The van der Waals surface area contributed by atoms with Crippen molar-refractivity contribution in [3.05, 3.63) is 15.6 Å². The van der Waals surface area contributed by atoms with E-state index in [2.05, 4.69) is 29.5 Å². The molecular weight excluding hydrogens is 288 g/mol. The fourth-order valence-corrected chi connectivity index (χ4v) is 3.22. The van der Waals surface area contributed by atoms with Crippen LogP contribution in [0.4, 0.5) is 4.79 Å². The van der Waals surface area contributed by atoms with E-state index in [0.717, 1.165) is 17.0 Å². The molecule has 3 amide bonds. The first-order chi connectivity index (χ1) is 10.0. The third-order valence-electron chi connectivity index (χ3n) is 3.38. The van der Waals surface area contributed by atoms with Crippen LogP contribution in [0.25, 0.3) is 0 Å². The number of carbonyl (C=O) groups excluding carboxylic acids is 2. The monoisotopic (exact) mass is 310 g/mol. The normalized spacial score (nSPS) is 14.6. The minimum Gasteiger partial charge on any atom is -0.353 e. The van der Waals surface area contributed by atoms with Crippen molar-refractivity contribution < 1.29 is 9.59 Å². The zero-order valence-corrected chi connectivity index (χ0v) is 13.5. The molecule has 1 aliphatic rings. The number of hydrogen-bond acceptors (Lipinski definition) is 4. The Labute approximate surface area is 128 Å². The summed E-state index contributed by atoms with van der Waals surface area (Å²) in [5.74, 6) is 0.305. The second-order valence-corrected chi connectivity index (χ2v) is 6.62. The van der Waals surface area contributed by atoms with E-state index in [1.807, 2.05) is 4.90 Å². The van der Waals surface area contributed by atoms with E-state index in [9.17, 15) is 9.59 Å². The number of thiazole rings is 1. The second-order valence-electron chi connectivity index (χ2n) is 5.53. The molecule has 0 unspecified atom stereocenters. The number of carbonyl (C=O) groups is 2. The highest BCUT2D eigenvalue weighted by Gasteiger charge is 2.22. The molecule has 2 heterocycles. The Bertz CT molecular complexity index is 502. The number of hydrogen-bond donors (Lipinski definition) is 2. The summed E-state index contributed by atoms with van der Waals surface area (Å²) in [7, 11) is 1.61. The molecule has 2 rings (SSSR count). The van der Waals surface area contributed by atoms with E-state index in [0.29, 0.717) is 37.0 Å². The highest BCUT2D eigenvalue weighted by Crippen LogP contribution is 2.23. The van der Waals surface area contributed by atoms with Gasteiger partial charge in [0.25, 0.3) is 5.91 Å². The summed E-state index contributed by atoms with van der Waals surface area (Å²) in [6.07, 6.45) is 1.47. The van der Waals surface area contributed by atoms with Crippen LogP contribution in [0, 0.1) is 5.92 Å². The topological polar surface area (TPSA) is 74.3 Å². The van der Waals surface area contributed by atoms with E-state index >= 15 is 0 Å². The molecule has 0 aliphatic carbocycles. The third-order valence-corrected chi connectivity index (χ3v) is 4.53. The standard InChI is InChI=1S/C14H22N4O2S/c1-9(2)8-16-14(20)18-6-4-10-11(5-7-18)21-13(17-10)12(19)15-3/h9H,4-8H2,1-3H3,(H,15,19)(H,16,20). The fourth-order valence-electron chi connectivity index (χ4n) is 2.17. The van der Waals surface area contributed by atoms with Gasteiger partial charge in [-0.15, -0.1) is 11.3 Å². The lowest BCUT2D eigenvalue weighted by molar-refractivity contribution is 0.0962. The van der Waals surface area contributed by atoms with Gasteiger partial charge >= 0.3 is 6.03 Å². The van der Waals surface area contributed by atoms with Gasteiger partial charge < -0.3 is 15.5 Å². The lowest BCUT2D eigenvalue weighted by Gasteiger charge is -2.21. The van der Waals surface area contributed by atoms with E-state index < -0.39 is 0 Å². The number of aromatic nitrogens is 1. The molecule has 1 aliphatic heterocycles. The second kappa shape index (κ2) is 6.89. The Morgan fingerprint density at radius 1 is 1.33 bits per heavy atom. The van der Waals surface area contributed by atoms with Crippen molar-refractivity contribution in [2.45, 2.75) is 26.7 Å². The molecular formula is C14H22N4O2S. The average Bonchev–Trinajstić information content (AvgIpc) is 2.77. The van der Waals surface area contributed by atoms with Crippen LogP contribution in [0.2, 0.25) is 0 Å². The third kappa shape index (κ3) is 3.93. The molecule has 0 radical (unpaired) electrons. The first kappa shape index (κ1) is 15.8. The van der Waals surface area contributed by atoms with Crippen molar-refractivity contribution in [1.29, 1.82) is 0 Å². The summed E-state index contributed by atoms with van der Waals surface area (Å²) in [6, 6.07) is -0.00891. The SMILES string of the molecule is CNC(=O)c1nc2c(s1)CCN(C(=O)NCC(C)C)CC2.